The van der Waals surface area contributed by atoms with Crippen LogP contribution in [0, 0.1) is 5.41 Å². The van der Waals surface area contributed by atoms with Crippen molar-refractivity contribution < 1.29 is 14.3 Å². The van der Waals surface area contributed by atoms with Crippen LogP contribution in [0.3, 0.4) is 0 Å². The Morgan fingerprint density at radius 3 is 2.58 bits per heavy atom. The lowest BCUT2D eigenvalue weighted by Gasteiger charge is -2.36. The Bertz CT molecular complexity index is 588. The highest BCUT2D eigenvalue weighted by Gasteiger charge is 2.33. The van der Waals surface area contributed by atoms with Gasteiger partial charge in [-0.2, -0.15) is 0 Å². The van der Waals surface area contributed by atoms with Crippen molar-refractivity contribution in [3.05, 3.63) is 35.4 Å². The third-order valence-electron chi connectivity index (χ3n) is 5.01. The van der Waals surface area contributed by atoms with E-state index in [1.54, 1.807) is 0 Å². The van der Waals surface area contributed by atoms with E-state index >= 15 is 0 Å². The van der Waals surface area contributed by atoms with Crippen LogP contribution in [0.1, 0.15) is 96.8 Å². The summed E-state index contributed by atoms with van der Waals surface area (Å²) in [6.45, 7) is 13.2. The van der Waals surface area contributed by atoms with Gasteiger partial charge in [-0.1, -0.05) is 57.9 Å². The smallest absolute Gasteiger partial charge is 0.313 e. The number of hydrogen-bond donors (Lipinski definition) is 0. The zero-order valence-corrected chi connectivity index (χ0v) is 17.4. The van der Waals surface area contributed by atoms with Gasteiger partial charge in [0.25, 0.3) is 0 Å². The number of rotatable bonds is 6. The first-order valence-electron chi connectivity index (χ1n) is 10.1. The van der Waals surface area contributed by atoms with Crippen molar-refractivity contribution >= 4 is 5.97 Å². The molecule has 1 fully saturated rings. The lowest BCUT2D eigenvalue weighted by atomic mass is 9.81. The molecule has 146 valence electrons. The molecular weight excluding hydrogens is 324 g/mol. The summed E-state index contributed by atoms with van der Waals surface area (Å²) >= 11 is 0. The number of ether oxygens (including phenoxy) is 2. The third-order valence-corrected chi connectivity index (χ3v) is 5.01. The van der Waals surface area contributed by atoms with E-state index < -0.39 is 5.60 Å². The third kappa shape index (κ3) is 5.84. The van der Waals surface area contributed by atoms with Crippen LogP contribution in [0.25, 0.3) is 0 Å². The molecule has 1 aromatic rings. The van der Waals surface area contributed by atoms with Gasteiger partial charge in [0.1, 0.15) is 5.60 Å². The molecule has 2 unspecified atom stereocenters. The van der Waals surface area contributed by atoms with Crippen LogP contribution in [0.5, 0.6) is 0 Å². The predicted octanol–water partition coefficient (Wildman–Crippen LogP) is 6.18. The molecule has 1 aromatic carbocycles. The van der Waals surface area contributed by atoms with E-state index in [-0.39, 0.29) is 23.4 Å². The first-order valence-corrected chi connectivity index (χ1v) is 10.1. The largest absolute Gasteiger partial charge is 0.459 e. The van der Waals surface area contributed by atoms with Gasteiger partial charge in [0, 0.05) is 0 Å². The van der Waals surface area contributed by atoms with Crippen molar-refractivity contribution in [3.63, 3.8) is 0 Å². The number of benzene rings is 1. The summed E-state index contributed by atoms with van der Waals surface area (Å²) in [5, 5.41) is 0. The summed E-state index contributed by atoms with van der Waals surface area (Å²) in [6, 6.07) is 8.28. The van der Waals surface area contributed by atoms with Crippen molar-refractivity contribution in [3.8, 4) is 0 Å². The Morgan fingerprint density at radius 2 is 2.00 bits per heavy atom. The van der Waals surface area contributed by atoms with Crippen molar-refractivity contribution in [2.75, 3.05) is 6.61 Å². The minimum absolute atomic E-state index is 0.0748. The van der Waals surface area contributed by atoms with Crippen LogP contribution in [0.2, 0.25) is 0 Å². The fourth-order valence-electron chi connectivity index (χ4n) is 3.55. The molecule has 0 bridgehead atoms. The van der Waals surface area contributed by atoms with Crippen LogP contribution in [-0.2, 0) is 14.3 Å². The van der Waals surface area contributed by atoms with Crippen molar-refractivity contribution in [2.45, 2.75) is 91.3 Å². The van der Waals surface area contributed by atoms with E-state index in [4.69, 9.17) is 9.47 Å². The quantitative estimate of drug-likeness (QED) is 0.568. The minimum atomic E-state index is -0.470. The Labute approximate surface area is 159 Å². The maximum Gasteiger partial charge on any atom is 0.313 e. The minimum Gasteiger partial charge on any atom is -0.459 e. The molecule has 1 aliphatic rings. The second-order valence-corrected chi connectivity index (χ2v) is 9.36. The second kappa shape index (κ2) is 8.56. The van der Waals surface area contributed by atoms with Gasteiger partial charge in [-0.25, -0.2) is 0 Å². The average molecular weight is 361 g/mol. The molecule has 0 amide bonds. The van der Waals surface area contributed by atoms with E-state index in [0.717, 1.165) is 49.8 Å². The van der Waals surface area contributed by atoms with Crippen molar-refractivity contribution in [1.82, 2.24) is 0 Å². The highest BCUT2D eigenvalue weighted by molar-refractivity contribution is 5.79. The molecule has 3 nitrogen and oxygen atoms in total. The molecule has 1 heterocycles. The van der Waals surface area contributed by atoms with E-state index in [0.29, 0.717) is 0 Å². The van der Waals surface area contributed by atoms with Crippen LogP contribution >= 0.6 is 0 Å². The lowest BCUT2D eigenvalue weighted by molar-refractivity contribution is -0.157. The number of unbranched alkanes of at least 4 members (excludes halogenated alkanes) is 1. The predicted molar refractivity (Wildman–Crippen MR) is 106 cm³/mol. The first kappa shape index (κ1) is 21.0. The van der Waals surface area contributed by atoms with Gasteiger partial charge in [-0.05, 0) is 56.6 Å². The van der Waals surface area contributed by atoms with E-state index in [2.05, 4.69) is 32.9 Å². The lowest BCUT2D eigenvalue weighted by Crippen LogP contribution is -2.30. The van der Waals surface area contributed by atoms with Gasteiger partial charge in [-0.15, -0.1) is 0 Å². The molecule has 1 aliphatic heterocycles. The molecule has 0 aromatic heterocycles. The van der Waals surface area contributed by atoms with Crippen LogP contribution in [0.4, 0.5) is 0 Å². The Hall–Kier alpha value is -1.35. The van der Waals surface area contributed by atoms with Gasteiger partial charge >= 0.3 is 5.97 Å². The van der Waals surface area contributed by atoms with Gasteiger partial charge in [-0.3, -0.25) is 4.79 Å². The molecule has 1 saturated heterocycles. The summed E-state index contributed by atoms with van der Waals surface area (Å²) in [6.07, 6.45) is 5.11. The summed E-state index contributed by atoms with van der Waals surface area (Å²) < 4.78 is 12.0. The van der Waals surface area contributed by atoms with Crippen LogP contribution in [-0.4, -0.2) is 18.2 Å². The zero-order chi connectivity index (χ0) is 19.4. The molecule has 2 atom stereocenters. The summed E-state index contributed by atoms with van der Waals surface area (Å²) in [4.78, 5) is 12.9. The zero-order valence-electron chi connectivity index (χ0n) is 17.4. The number of hydrogen-bond acceptors (Lipinski definition) is 3. The molecule has 0 radical (unpaired) electrons. The number of carbonyl (C=O) groups is 1. The van der Waals surface area contributed by atoms with Gasteiger partial charge < -0.3 is 9.47 Å². The second-order valence-electron chi connectivity index (χ2n) is 9.36. The maximum atomic E-state index is 12.9. The molecule has 0 aliphatic carbocycles. The number of carbonyl (C=O) groups excluding carboxylic acids is 1. The van der Waals surface area contributed by atoms with Gasteiger partial charge in [0.15, 0.2) is 0 Å². The standard InChI is InChI=1S/C23H36O3/c1-7-8-11-19(21(24)26-22(2,3)4)17-12-9-10-13-18(17)20-14-15-23(5,6)16-25-20/h9-10,12-13,19-20H,7-8,11,14-16H2,1-6H3. The molecule has 0 spiro atoms. The monoisotopic (exact) mass is 360 g/mol. The normalized spacial score (nSPS) is 21.2. The van der Waals surface area contributed by atoms with E-state index in [9.17, 15) is 4.79 Å². The summed E-state index contributed by atoms with van der Waals surface area (Å²) in [5.74, 6) is -0.335. The highest BCUT2D eigenvalue weighted by atomic mass is 16.6. The van der Waals surface area contributed by atoms with Crippen LogP contribution < -0.4 is 0 Å². The van der Waals surface area contributed by atoms with Crippen molar-refractivity contribution in [1.29, 1.82) is 0 Å². The molecular formula is C23H36O3. The molecule has 0 N–H and O–H groups in total. The summed E-state index contributed by atoms with van der Waals surface area (Å²) in [7, 11) is 0. The van der Waals surface area contributed by atoms with E-state index in [1.165, 1.54) is 0 Å². The Morgan fingerprint density at radius 1 is 1.31 bits per heavy atom. The fourth-order valence-corrected chi connectivity index (χ4v) is 3.55. The fraction of sp³-hybridized carbons (Fsp3) is 0.696. The molecule has 2 rings (SSSR count). The van der Waals surface area contributed by atoms with Crippen LogP contribution in [0.15, 0.2) is 24.3 Å². The van der Waals surface area contributed by atoms with Gasteiger partial charge in [0.05, 0.1) is 18.6 Å². The molecule has 0 saturated carbocycles. The first-order chi connectivity index (χ1) is 12.1. The average Bonchev–Trinajstić information content (AvgIpc) is 2.54. The van der Waals surface area contributed by atoms with Crippen molar-refractivity contribution in [2.24, 2.45) is 5.41 Å². The molecule has 3 heteroatoms. The highest BCUT2D eigenvalue weighted by Crippen LogP contribution is 2.40. The SMILES string of the molecule is CCCCC(C(=O)OC(C)(C)C)c1ccccc1C1CCC(C)(C)CO1. The topological polar surface area (TPSA) is 35.5 Å². The summed E-state index contributed by atoms with van der Waals surface area (Å²) in [5.41, 5.74) is 2.01. The molecule has 26 heavy (non-hydrogen) atoms. The van der Waals surface area contributed by atoms with Gasteiger partial charge in [0.2, 0.25) is 0 Å². The maximum absolute atomic E-state index is 12.9. The Balaban J connectivity index is 2.29. The van der Waals surface area contributed by atoms with E-state index in [1.807, 2.05) is 32.9 Å². The Kier molecular flexibility index (Phi) is 6.90. The number of esters is 1.